The van der Waals surface area contributed by atoms with Gasteiger partial charge in [0, 0.05) is 5.70 Å². The normalized spacial score (nSPS) is 16.3. The summed E-state index contributed by atoms with van der Waals surface area (Å²) in [6, 6.07) is 13.4. The van der Waals surface area contributed by atoms with Crippen molar-refractivity contribution in [3.63, 3.8) is 0 Å². The SMILES string of the molecule is CCOC(=O)C1=C(C)Nc2nc3ccccc3n2[C@H]1c1cccc(F)c1. The van der Waals surface area contributed by atoms with Crippen LogP contribution in [0.25, 0.3) is 11.0 Å². The molecule has 0 spiro atoms. The monoisotopic (exact) mass is 351 g/mol. The Morgan fingerprint density at radius 1 is 1.27 bits per heavy atom. The maximum atomic E-state index is 13.9. The van der Waals surface area contributed by atoms with E-state index in [1.54, 1.807) is 19.9 Å². The molecule has 26 heavy (non-hydrogen) atoms. The van der Waals surface area contributed by atoms with E-state index in [-0.39, 0.29) is 12.4 Å². The van der Waals surface area contributed by atoms with E-state index in [9.17, 15) is 9.18 Å². The quantitative estimate of drug-likeness (QED) is 0.724. The molecule has 2 aromatic carbocycles. The lowest BCUT2D eigenvalue weighted by molar-refractivity contribution is -0.139. The Morgan fingerprint density at radius 2 is 2.08 bits per heavy atom. The van der Waals surface area contributed by atoms with Crippen LogP contribution in [0.4, 0.5) is 10.3 Å². The summed E-state index contributed by atoms with van der Waals surface area (Å²) < 4.78 is 21.1. The first-order valence-electron chi connectivity index (χ1n) is 8.47. The van der Waals surface area contributed by atoms with E-state index in [0.29, 0.717) is 22.8 Å². The summed E-state index contributed by atoms with van der Waals surface area (Å²) in [5.41, 5.74) is 3.43. The van der Waals surface area contributed by atoms with Gasteiger partial charge in [-0.05, 0) is 43.7 Å². The first kappa shape index (κ1) is 16.3. The fourth-order valence-corrected chi connectivity index (χ4v) is 3.43. The largest absolute Gasteiger partial charge is 0.463 e. The van der Waals surface area contributed by atoms with Gasteiger partial charge < -0.3 is 10.1 Å². The van der Waals surface area contributed by atoms with Crippen LogP contribution in [-0.4, -0.2) is 22.1 Å². The van der Waals surface area contributed by atoms with Gasteiger partial charge in [-0.15, -0.1) is 0 Å². The van der Waals surface area contributed by atoms with Crippen LogP contribution in [0, 0.1) is 5.82 Å². The van der Waals surface area contributed by atoms with E-state index in [4.69, 9.17) is 4.74 Å². The highest BCUT2D eigenvalue weighted by molar-refractivity contribution is 5.94. The molecule has 1 aliphatic heterocycles. The van der Waals surface area contributed by atoms with Gasteiger partial charge in [0.1, 0.15) is 5.82 Å². The molecule has 0 saturated carbocycles. The number of hydrogen-bond donors (Lipinski definition) is 1. The number of anilines is 1. The molecule has 0 amide bonds. The van der Waals surface area contributed by atoms with Gasteiger partial charge in [-0.25, -0.2) is 14.2 Å². The third-order valence-corrected chi connectivity index (χ3v) is 4.49. The molecular weight excluding hydrogens is 333 g/mol. The highest BCUT2D eigenvalue weighted by Gasteiger charge is 2.34. The van der Waals surface area contributed by atoms with Crippen molar-refractivity contribution in [2.45, 2.75) is 19.9 Å². The molecule has 0 radical (unpaired) electrons. The Morgan fingerprint density at radius 3 is 2.85 bits per heavy atom. The molecule has 0 fully saturated rings. The summed E-state index contributed by atoms with van der Waals surface area (Å²) >= 11 is 0. The topological polar surface area (TPSA) is 56.1 Å². The van der Waals surface area contributed by atoms with Crippen LogP contribution in [0.3, 0.4) is 0 Å². The van der Waals surface area contributed by atoms with Gasteiger partial charge in [0.05, 0.1) is 29.3 Å². The van der Waals surface area contributed by atoms with Gasteiger partial charge in [-0.1, -0.05) is 24.3 Å². The lowest BCUT2D eigenvalue weighted by Crippen LogP contribution is -2.29. The number of carbonyl (C=O) groups is 1. The molecule has 0 aliphatic carbocycles. The molecule has 0 saturated heterocycles. The minimum Gasteiger partial charge on any atom is -0.463 e. The van der Waals surface area contributed by atoms with Crippen molar-refractivity contribution in [1.82, 2.24) is 9.55 Å². The number of imidazole rings is 1. The Bertz CT molecular complexity index is 1040. The number of para-hydroxylation sites is 2. The maximum Gasteiger partial charge on any atom is 0.338 e. The van der Waals surface area contributed by atoms with Crippen LogP contribution < -0.4 is 5.32 Å². The number of nitrogens with one attached hydrogen (secondary N) is 1. The summed E-state index contributed by atoms with van der Waals surface area (Å²) in [6.07, 6.45) is 0. The molecule has 6 heteroatoms. The number of rotatable bonds is 3. The Balaban J connectivity index is 1.99. The third kappa shape index (κ3) is 2.54. The number of halogens is 1. The summed E-state index contributed by atoms with van der Waals surface area (Å²) in [5, 5.41) is 3.19. The molecule has 3 aromatic rings. The van der Waals surface area contributed by atoms with Gasteiger partial charge in [0.2, 0.25) is 5.95 Å². The highest BCUT2D eigenvalue weighted by Crippen LogP contribution is 2.39. The molecule has 1 atom stereocenters. The van der Waals surface area contributed by atoms with Crippen LogP contribution in [0.15, 0.2) is 59.8 Å². The smallest absolute Gasteiger partial charge is 0.338 e. The van der Waals surface area contributed by atoms with E-state index >= 15 is 0 Å². The van der Waals surface area contributed by atoms with Crippen molar-refractivity contribution < 1.29 is 13.9 Å². The fraction of sp³-hybridized carbons (Fsp3) is 0.200. The van der Waals surface area contributed by atoms with E-state index in [1.807, 2.05) is 34.9 Å². The molecule has 4 rings (SSSR count). The molecule has 1 aliphatic rings. The first-order valence-corrected chi connectivity index (χ1v) is 8.47. The van der Waals surface area contributed by atoms with Crippen LogP contribution in [0.2, 0.25) is 0 Å². The van der Waals surface area contributed by atoms with Crippen molar-refractivity contribution in [3.05, 3.63) is 71.2 Å². The number of benzene rings is 2. The van der Waals surface area contributed by atoms with Crippen molar-refractivity contribution in [2.75, 3.05) is 11.9 Å². The molecule has 0 unspecified atom stereocenters. The second kappa shape index (κ2) is 6.29. The summed E-state index contributed by atoms with van der Waals surface area (Å²) in [5.74, 6) is -0.158. The van der Waals surface area contributed by atoms with E-state index in [2.05, 4.69) is 10.3 Å². The van der Waals surface area contributed by atoms with Crippen molar-refractivity contribution >= 4 is 23.0 Å². The molecular formula is C20H18FN3O2. The van der Waals surface area contributed by atoms with Crippen LogP contribution >= 0.6 is 0 Å². The zero-order valence-corrected chi connectivity index (χ0v) is 14.5. The number of carbonyl (C=O) groups excluding carboxylic acids is 1. The lowest BCUT2D eigenvalue weighted by atomic mass is 9.95. The van der Waals surface area contributed by atoms with E-state index < -0.39 is 12.0 Å². The first-order chi connectivity index (χ1) is 12.6. The predicted molar refractivity (Wildman–Crippen MR) is 97.2 cm³/mol. The van der Waals surface area contributed by atoms with Gasteiger partial charge in [-0.2, -0.15) is 0 Å². The Hall–Kier alpha value is -3.15. The number of hydrogen-bond acceptors (Lipinski definition) is 4. The minimum atomic E-state index is -0.520. The summed E-state index contributed by atoms with van der Waals surface area (Å²) in [6.45, 7) is 3.84. The molecule has 132 valence electrons. The predicted octanol–water partition coefficient (Wildman–Crippen LogP) is 4.03. The molecule has 1 N–H and O–H groups in total. The van der Waals surface area contributed by atoms with Gasteiger partial charge in [0.25, 0.3) is 0 Å². The summed E-state index contributed by atoms with van der Waals surface area (Å²) in [7, 11) is 0. The zero-order chi connectivity index (χ0) is 18.3. The standard InChI is InChI=1S/C20H18FN3O2/c1-3-26-19(25)17-12(2)22-20-23-15-9-4-5-10-16(15)24(20)18(17)13-7-6-8-14(21)11-13/h4-11,18H,3H2,1-2H3,(H,22,23)/t18-/m0/s1. The number of esters is 1. The molecule has 0 bridgehead atoms. The molecule has 1 aromatic heterocycles. The van der Waals surface area contributed by atoms with Crippen molar-refractivity contribution in [1.29, 1.82) is 0 Å². The van der Waals surface area contributed by atoms with Crippen molar-refractivity contribution in [3.8, 4) is 0 Å². The van der Waals surface area contributed by atoms with E-state index in [1.165, 1.54) is 12.1 Å². The number of nitrogens with zero attached hydrogens (tertiary/aromatic N) is 2. The lowest BCUT2D eigenvalue weighted by Gasteiger charge is -2.30. The van der Waals surface area contributed by atoms with Gasteiger partial charge in [-0.3, -0.25) is 4.57 Å². The average Bonchev–Trinajstić information content (AvgIpc) is 2.98. The number of aromatic nitrogens is 2. The average molecular weight is 351 g/mol. The van der Waals surface area contributed by atoms with Crippen molar-refractivity contribution in [2.24, 2.45) is 0 Å². The van der Waals surface area contributed by atoms with Gasteiger partial charge >= 0.3 is 5.97 Å². The fourth-order valence-electron chi connectivity index (χ4n) is 3.43. The maximum absolute atomic E-state index is 13.9. The Labute approximate surface area is 150 Å². The van der Waals surface area contributed by atoms with Crippen LogP contribution in [0.5, 0.6) is 0 Å². The third-order valence-electron chi connectivity index (χ3n) is 4.49. The van der Waals surface area contributed by atoms with E-state index in [0.717, 1.165) is 11.0 Å². The molecule has 5 nitrogen and oxygen atoms in total. The summed E-state index contributed by atoms with van der Waals surface area (Å²) in [4.78, 5) is 17.3. The Kier molecular flexibility index (Phi) is 3.95. The number of fused-ring (bicyclic) bond motifs is 3. The number of ether oxygens (including phenoxy) is 1. The number of allylic oxidation sites excluding steroid dienone is 1. The second-order valence-electron chi connectivity index (χ2n) is 6.14. The van der Waals surface area contributed by atoms with Crippen LogP contribution in [-0.2, 0) is 9.53 Å². The zero-order valence-electron chi connectivity index (χ0n) is 14.5. The van der Waals surface area contributed by atoms with Gasteiger partial charge in [0.15, 0.2) is 0 Å². The second-order valence-corrected chi connectivity index (χ2v) is 6.14. The van der Waals surface area contributed by atoms with Crippen LogP contribution in [0.1, 0.15) is 25.5 Å². The molecule has 2 heterocycles. The highest BCUT2D eigenvalue weighted by atomic mass is 19.1. The minimum absolute atomic E-state index is 0.267.